The Labute approximate surface area is 178 Å². The summed E-state index contributed by atoms with van der Waals surface area (Å²) in [6, 6.07) is 11.6. The maximum atomic E-state index is 13.7. The zero-order chi connectivity index (χ0) is 20.3. The number of pyridine rings is 1. The van der Waals surface area contributed by atoms with E-state index in [9.17, 15) is 9.59 Å². The first-order valence-corrected chi connectivity index (χ1v) is 11.2. The second-order valence-corrected chi connectivity index (χ2v) is 9.17. The molecule has 2 fully saturated rings. The Hall–Kier alpha value is -2.83. The van der Waals surface area contributed by atoms with E-state index in [1.807, 2.05) is 41.9 Å². The molecule has 3 aromatic rings. The summed E-state index contributed by atoms with van der Waals surface area (Å²) in [7, 11) is 0. The standard InChI is InChI=1S/C24H20N2O3S/c27-21(17-2-1-3-18-20(17)22(28)29-24(18)9-10-25-14-24)23(7-8-23)16-4-5-19(26-12-16)15-6-11-30-13-15/h1-6,11-13,25H,7-10,14H2. The molecule has 0 amide bonds. The van der Waals surface area contributed by atoms with E-state index in [2.05, 4.69) is 15.7 Å². The molecule has 1 aromatic carbocycles. The van der Waals surface area contributed by atoms with Gasteiger partial charge >= 0.3 is 5.97 Å². The molecule has 1 spiro atoms. The number of benzene rings is 1. The normalized spacial score (nSPS) is 23.4. The third kappa shape index (κ3) is 2.47. The number of rotatable bonds is 4. The number of aromatic nitrogens is 1. The molecule has 6 heteroatoms. The fourth-order valence-corrected chi connectivity index (χ4v) is 5.55. The van der Waals surface area contributed by atoms with E-state index in [0.717, 1.165) is 48.2 Å². The maximum Gasteiger partial charge on any atom is 0.340 e. The quantitative estimate of drug-likeness (QED) is 0.513. The molecule has 2 aliphatic heterocycles. The fraction of sp³-hybridized carbons (Fsp3) is 0.292. The number of nitrogens with zero attached hydrogens (tertiary/aromatic N) is 1. The first-order valence-electron chi connectivity index (χ1n) is 10.2. The fourth-order valence-electron chi connectivity index (χ4n) is 4.90. The van der Waals surface area contributed by atoms with Gasteiger partial charge in [-0.15, -0.1) is 0 Å². The van der Waals surface area contributed by atoms with Crippen molar-refractivity contribution >= 4 is 23.1 Å². The van der Waals surface area contributed by atoms with Crippen LogP contribution in [0.3, 0.4) is 0 Å². The van der Waals surface area contributed by atoms with Crippen LogP contribution in [0.5, 0.6) is 0 Å². The van der Waals surface area contributed by atoms with Gasteiger partial charge in [0.05, 0.1) is 16.7 Å². The molecule has 1 unspecified atom stereocenters. The number of hydrogen-bond donors (Lipinski definition) is 1. The Morgan fingerprint density at radius 2 is 2.03 bits per heavy atom. The van der Waals surface area contributed by atoms with Crippen molar-refractivity contribution in [3.05, 3.63) is 75.6 Å². The van der Waals surface area contributed by atoms with Gasteiger partial charge in [-0.25, -0.2) is 4.79 Å². The highest BCUT2D eigenvalue weighted by molar-refractivity contribution is 7.08. The SMILES string of the molecule is O=C1OC2(CCNC2)c2cccc(C(=O)C3(c4ccc(-c5ccsc5)nc4)CC3)c21. The van der Waals surface area contributed by atoms with Gasteiger partial charge in [0.1, 0.15) is 0 Å². The largest absolute Gasteiger partial charge is 0.449 e. The van der Waals surface area contributed by atoms with Crippen molar-refractivity contribution in [3.8, 4) is 11.3 Å². The Morgan fingerprint density at radius 1 is 1.13 bits per heavy atom. The molecule has 2 aromatic heterocycles. The number of ketones is 1. The van der Waals surface area contributed by atoms with Crippen molar-refractivity contribution in [1.29, 1.82) is 0 Å². The van der Waals surface area contributed by atoms with Crippen molar-refractivity contribution in [2.24, 2.45) is 0 Å². The van der Waals surface area contributed by atoms with E-state index in [0.29, 0.717) is 17.7 Å². The molecular weight excluding hydrogens is 396 g/mol. The van der Waals surface area contributed by atoms with Crippen LogP contribution in [0.25, 0.3) is 11.3 Å². The highest BCUT2D eigenvalue weighted by Gasteiger charge is 2.55. The first-order chi connectivity index (χ1) is 14.6. The number of carbonyl (C=O) groups excluding carboxylic acids is 2. The third-order valence-electron chi connectivity index (χ3n) is 6.73. The number of Topliss-reactive ketones (excluding diaryl/α,β-unsaturated/α-hetero) is 1. The summed E-state index contributed by atoms with van der Waals surface area (Å²) in [6.07, 6.45) is 4.11. The Bertz CT molecular complexity index is 1160. The molecule has 1 saturated heterocycles. The number of hydrogen-bond acceptors (Lipinski definition) is 6. The highest BCUT2D eigenvalue weighted by atomic mass is 32.1. The number of esters is 1. The Balaban J connectivity index is 1.38. The minimum atomic E-state index is -0.622. The van der Waals surface area contributed by atoms with Crippen molar-refractivity contribution in [3.63, 3.8) is 0 Å². The number of nitrogens with one attached hydrogen (secondary N) is 1. The Kier molecular flexibility index (Phi) is 3.80. The van der Waals surface area contributed by atoms with Gasteiger partial charge in [-0.05, 0) is 42.5 Å². The predicted octanol–water partition coefficient (Wildman–Crippen LogP) is 4.08. The zero-order valence-corrected chi connectivity index (χ0v) is 17.1. The van der Waals surface area contributed by atoms with Crippen LogP contribution in [0.4, 0.5) is 0 Å². The van der Waals surface area contributed by atoms with Gasteiger partial charge in [0.15, 0.2) is 11.4 Å². The van der Waals surface area contributed by atoms with E-state index in [1.54, 1.807) is 17.4 Å². The monoisotopic (exact) mass is 416 g/mol. The van der Waals surface area contributed by atoms with Gasteiger partial charge in [0.2, 0.25) is 0 Å². The minimum absolute atomic E-state index is 0.00406. The van der Waals surface area contributed by atoms with E-state index >= 15 is 0 Å². The summed E-state index contributed by atoms with van der Waals surface area (Å²) in [4.78, 5) is 31.1. The summed E-state index contributed by atoms with van der Waals surface area (Å²) in [6.45, 7) is 1.40. The minimum Gasteiger partial charge on any atom is -0.449 e. The molecule has 1 N–H and O–H groups in total. The zero-order valence-electron chi connectivity index (χ0n) is 16.3. The lowest BCUT2D eigenvalue weighted by Crippen LogP contribution is -2.28. The maximum absolute atomic E-state index is 13.7. The number of ether oxygens (including phenoxy) is 1. The lowest BCUT2D eigenvalue weighted by Gasteiger charge is -2.22. The average molecular weight is 417 g/mol. The van der Waals surface area contributed by atoms with Gasteiger partial charge in [0.25, 0.3) is 0 Å². The average Bonchev–Trinajstić information content (AvgIpc) is 3.10. The van der Waals surface area contributed by atoms with E-state index < -0.39 is 11.0 Å². The van der Waals surface area contributed by atoms with Crippen LogP contribution in [-0.2, 0) is 15.8 Å². The van der Waals surface area contributed by atoms with Crippen molar-refractivity contribution in [1.82, 2.24) is 10.3 Å². The summed E-state index contributed by atoms with van der Waals surface area (Å²) < 4.78 is 5.80. The van der Waals surface area contributed by atoms with Crippen LogP contribution in [0, 0.1) is 0 Å². The molecule has 1 aliphatic carbocycles. The molecule has 0 radical (unpaired) electrons. The van der Waals surface area contributed by atoms with E-state index in [1.165, 1.54) is 0 Å². The van der Waals surface area contributed by atoms with E-state index in [-0.39, 0.29) is 11.8 Å². The summed E-state index contributed by atoms with van der Waals surface area (Å²) in [5.74, 6) is -0.372. The van der Waals surface area contributed by atoms with Crippen LogP contribution >= 0.6 is 11.3 Å². The Morgan fingerprint density at radius 3 is 2.70 bits per heavy atom. The third-order valence-corrected chi connectivity index (χ3v) is 7.41. The van der Waals surface area contributed by atoms with Gasteiger partial charge in [-0.2, -0.15) is 11.3 Å². The molecule has 150 valence electrons. The molecule has 30 heavy (non-hydrogen) atoms. The van der Waals surface area contributed by atoms with Crippen LogP contribution in [-0.4, -0.2) is 29.8 Å². The van der Waals surface area contributed by atoms with Crippen LogP contribution < -0.4 is 5.32 Å². The van der Waals surface area contributed by atoms with Crippen LogP contribution in [0.15, 0.2) is 53.4 Å². The van der Waals surface area contributed by atoms with Gasteiger partial charge in [-0.3, -0.25) is 9.78 Å². The molecule has 4 heterocycles. The summed E-state index contributed by atoms with van der Waals surface area (Å²) in [5.41, 5.74) is 3.51. The van der Waals surface area contributed by atoms with Gasteiger partial charge in [0, 0.05) is 41.2 Å². The molecule has 6 rings (SSSR count). The lowest BCUT2D eigenvalue weighted by molar-refractivity contribution is 0.00158. The van der Waals surface area contributed by atoms with E-state index in [4.69, 9.17) is 4.74 Å². The van der Waals surface area contributed by atoms with Crippen molar-refractivity contribution in [2.45, 2.75) is 30.3 Å². The van der Waals surface area contributed by atoms with Gasteiger partial charge in [-0.1, -0.05) is 24.3 Å². The predicted molar refractivity (Wildman–Crippen MR) is 114 cm³/mol. The molecule has 1 atom stereocenters. The van der Waals surface area contributed by atoms with Crippen LogP contribution in [0.2, 0.25) is 0 Å². The topological polar surface area (TPSA) is 68.3 Å². The smallest absolute Gasteiger partial charge is 0.340 e. The number of fused-ring (bicyclic) bond motifs is 2. The second kappa shape index (κ2) is 6.33. The highest BCUT2D eigenvalue weighted by Crippen LogP contribution is 2.52. The number of thiophene rings is 1. The number of carbonyl (C=O) groups is 2. The van der Waals surface area contributed by atoms with Gasteiger partial charge < -0.3 is 10.1 Å². The van der Waals surface area contributed by atoms with Crippen molar-refractivity contribution < 1.29 is 14.3 Å². The molecule has 3 aliphatic rings. The molecule has 0 bridgehead atoms. The lowest BCUT2D eigenvalue weighted by atomic mass is 9.83. The molecule has 1 saturated carbocycles. The van der Waals surface area contributed by atoms with Crippen LogP contribution in [0.1, 0.15) is 51.1 Å². The molecule has 5 nitrogen and oxygen atoms in total. The second-order valence-electron chi connectivity index (χ2n) is 8.39. The molecular formula is C24H20N2O3S. The summed E-state index contributed by atoms with van der Waals surface area (Å²) >= 11 is 1.64. The van der Waals surface area contributed by atoms with Crippen molar-refractivity contribution in [2.75, 3.05) is 13.1 Å². The first kappa shape index (κ1) is 18.0. The summed E-state index contributed by atoms with van der Waals surface area (Å²) in [5, 5.41) is 7.37.